The molecule has 0 atom stereocenters. The highest BCUT2D eigenvalue weighted by Gasteiger charge is 2.35. The van der Waals surface area contributed by atoms with Gasteiger partial charge in [-0.25, -0.2) is 0 Å². The summed E-state index contributed by atoms with van der Waals surface area (Å²) >= 11 is 0. The standard InChI is InChI=1S/C39H31N/c1-39(2)37-19-10-9-18-34(37)36-26-32(21-23-38(36)39)40-31-20-22-33(28-14-7-4-8-15-28)35(25-31)30-17-11-16-29(24-30)27-12-5-3-6-13-27/h3-26,40H,1-2H3. The van der Waals surface area contributed by atoms with Gasteiger partial charge in [0.05, 0.1) is 0 Å². The van der Waals surface area contributed by atoms with Crippen LogP contribution in [0.5, 0.6) is 0 Å². The average Bonchev–Trinajstić information content (AvgIpc) is 3.24. The minimum absolute atomic E-state index is 0.0126. The fourth-order valence-electron chi connectivity index (χ4n) is 6.19. The third kappa shape index (κ3) is 4.21. The second kappa shape index (κ2) is 9.70. The van der Waals surface area contributed by atoms with Gasteiger partial charge in [0.15, 0.2) is 0 Å². The van der Waals surface area contributed by atoms with E-state index in [0.717, 1.165) is 11.4 Å². The zero-order chi connectivity index (χ0) is 27.1. The van der Waals surface area contributed by atoms with E-state index in [1.807, 2.05) is 0 Å². The molecule has 0 saturated carbocycles. The molecule has 0 radical (unpaired) electrons. The summed E-state index contributed by atoms with van der Waals surface area (Å²) < 4.78 is 0. The maximum absolute atomic E-state index is 3.73. The molecule has 1 N–H and O–H groups in total. The lowest BCUT2D eigenvalue weighted by molar-refractivity contribution is 0.660. The largest absolute Gasteiger partial charge is 0.355 e. The quantitative estimate of drug-likeness (QED) is 0.242. The van der Waals surface area contributed by atoms with Crippen LogP contribution in [-0.2, 0) is 5.41 Å². The molecular formula is C39H31N. The summed E-state index contributed by atoms with van der Waals surface area (Å²) in [5.74, 6) is 0. The van der Waals surface area contributed by atoms with Gasteiger partial charge in [-0.2, -0.15) is 0 Å². The lowest BCUT2D eigenvalue weighted by Gasteiger charge is -2.21. The molecule has 0 heterocycles. The minimum atomic E-state index is 0.0126. The predicted molar refractivity (Wildman–Crippen MR) is 170 cm³/mol. The molecule has 0 aliphatic heterocycles. The Hall–Kier alpha value is -4.88. The Balaban J connectivity index is 1.30. The van der Waals surface area contributed by atoms with E-state index in [4.69, 9.17) is 0 Å². The van der Waals surface area contributed by atoms with E-state index in [-0.39, 0.29) is 5.41 Å². The Morgan fingerprint density at radius 1 is 0.375 bits per heavy atom. The van der Waals surface area contributed by atoms with Crippen LogP contribution in [0.25, 0.3) is 44.5 Å². The Bertz CT molecular complexity index is 1830. The van der Waals surface area contributed by atoms with Gasteiger partial charge in [0.2, 0.25) is 0 Å². The van der Waals surface area contributed by atoms with Gasteiger partial charge < -0.3 is 5.32 Å². The summed E-state index contributed by atoms with van der Waals surface area (Å²) in [6, 6.07) is 52.5. The van der Waals surface area contributed by atoms with Gasteiger partial charge in [0.25, 0.3) is 0 Å². The Labute approximate surface area is 236 Å². The molecular weight excluding hydrogens is 482 g/mol. The van der Waals surface area contributed by atoms with E-state index in [0.29, 0.717) is 0 Å². The van der Waals surface area contributed by atoms with E-state index in [1.165, 1.54) is 55.6 Å². The van der Waals surface area contributed by atoms with E-state index >= 15 is 0 Å². The molecule has 0 spiro atoms. The maximum atomic E-state index is 3.73. The van der Waals surface area contributed by atoms with Crippen molar-refractivity contribution in [2.75, 3.05) is 5.32 Å². The van der Waals surface area contributed by atoms with Crippen LogP contribution in [-0.4, -0.2) is 0 Å². The molecule has 0 amide bonds. The zero-order valence-corrected chi connectivity index (χ0v) is 22.9. The highest BCUT2D eigenvalue weighted by molar-refractivity contribution is 5.89. The number of anilines is 2. The number of fused-ring (bicyclic) bond motifs is 3. The van der Waals surface area contributed by atoms with Crippen molar-refractivity contribution in [3.63, 3.8) is 0 Å². The van der Waals surface area contributed by atoms with Crippen molar-refractivity contribution in [1.82, 2.24) is 0 Å². The summed E-state index contributed by atoms with van der Waals surface area (Å²) in [7, 11) is 0. The van der Waals surface area contributed by atoms with Crippen LogP contribution in [0.4, 0.5) is 11.4 Å². The van der Waals surface area contributed by atoms with Crippen LogP contribution < -0.4 is 5.32 Å². The van der Waals surface area contributed by atoms with Gasteiger partial charge in [-0.05, 0) is 86.0 Å². The first-order valence-corrected chi connectivity index (χ1v) is 13.9. The van der Waals surface area contributed by atoms with E-state index < -0.39 is 0 Å². The molecule has 1 aliphatic carbocycles. The lowest BCUT2D eigenvalue weighted by Crippen LogP contribution is -2.14. The zero-order valence-electron chi connectivity index (χ0n) is 22.9. The van der Waals surface area contributed by atoms with Crippen LogP contribution in [0, 0.1) is 0 Å². The second-order valence-corrected chi connectivity index (χ2v) is 11.1. The van der Waals surface area contributed by atoms with Gasteiger partial charge >= 0.3 is 0 Å². The van der Waals surface area contributed by atoms with Gasteiger partial charge in [0.1, 0.15) is 0 Å². The van der Waals surface area contributed by atoms with Crippen LogP contribution in [0.2, 0.25) is 0 Å². The molecule has 7 rings (SSSR count). The highest BCUT2D eigenvalue weighted by Crippen LogP contribution is 2.49. The normalized spacial score (nSPS) is 12.9. The molecule has 0 saturated heterocycles. The third-order valence-corrected chi connectivity index (χ3v) is 8.26. The smallest absolute Gasteiger partial charge is 0.0390 e. The number of hydrogen-bond donors (Lipinski definition) is 1. The van der Waals surface area contributed by atoms with E-state index in [2.05, 4.69) is 165 Å². The molecule has 0 bridgehead atoms. The van der Waals surface area contributed by atoms with E-state index in [9.17, 15) is 0 Å². The number of rotatable bonds is 5. The molecule has 1 heteroatoms. The van der Waals surface area contributed by atoms with Crippen molar-refractivity contribution in [3.05, 3.63) is 157 Å². The van der Waals surface area contributed by atoms with E-state index in [1.54, 1.807) is 0 Å². The Kier molecular flexibility index (Phi) is 5.86. The van der Waals surface area contributed by atoms with Crippen LogP contribution in [0.1, 0.15) is 25.0 Å². The summed E-state index contributed by atoms with van der Waals surface area (Å²) in [6.07, 6.45) is 0. The summed E-state index contributed by atoms with van der Waals surface area (Å²) in [4.78, 5) is 0. The summed E-state index contributed by atoms with van der Waals surface area (Å²) in [6.45, 7) is 4.64. The number of hydrogen-bond acceptors (Lipinski definition) is 1. The fraction of sp³-hybridized carbons (Fsp3) is 0.0769. The summed E-state index contributed by atoms with van der Waals surface area (Å²) in [5.41, 5.74) is 14.9. The first kappa shape index (κ1) is 24.2. The summed E-state index contributed by atoms with van der Waals surface area (Å²) in [5, 5.41) is 3.73. The first-order valence-electron chi connectivity index (χ1n) is 13.9. The molecule has 6 aromatic rings. The Morgan fingerprint density at radius 2 is 0.950 bits per heavy atom. The third-order valence-electron chi connectivity index (χ3n) is 8.26. The van der Waals surface area contributed by atoms with Crippen LogP contribution >= 0.6 is 0 Å². The van der Waals surface area contributed by atoms with Gasteiger partial charge in [-0.15, -0.1) is 0 Å². The molecule has 40 heavy (non-hydrogen) atoms. The molecule has 6 aromatic carbocycles. The van der Waals surface area contributed by atoms with Gasteiger partial charge in [-0.3, -0.25) is 0 Å². The molecule has 0 fully saturated rings. The van der Waals surface area contributed by atoms with Crippen molar-refractivity contribution in [2.45, 2.75) is 19.3 Å². The van der Waals surface area contributed by atoms with Gasteiger partial charge in [-0.1, -0.05) is 129 Å². The molecule has 0 unspecified atom stereocenters. The van der Waals surface area contributed by atoms with Crippen LogP contribution in [0.3, 0.4) is 0 Å². The highest BCUT2D eigenvalue weighted by atomic mass is 14.9. The van der Waals surface area contributed by atoms with Crippen molar-refractivity contribution in [2.24, 2.45) is 0 Å². The Morgan fingerprint density at radius 3 is 1.73 bits per heavy atom. The van der Waals surface area contributed by atoms with Gasteiger partial charge in [0, 0.05) is 16.8 Å². The minimum Gasteiger partial charge on any atom is -0.355 e. The molecule has 1 aliphatic rings. The SMILES string of the molecule is CC1(C)c2ccccc2-c2cc(Nc3ccc(-c4ccccc4)c(-c4cccc(-c5ccccc5)c4)c3)ccc21. The molecule has 192 valence electrons. The fourth-order valence-corrected chi connectivity index (χ4v) is 6.19. The van der Waals surface area contributed by atoms with Crippen molar-refractivity contribution in [1.29, 1.82) is 0 Å². The number of benzene rings is 6. The number of nitrogens with one attached hydrogen (secondary N) is 1. The average molecular weight is 514 g/mol. The maximum Gasteiger partial charge on any atom is 0.0390 e. The first-order chi connectivity index (χ1) is 19.6. The molecule has 1 nitrogen and oxygen atoms in total. The van der Waals surface area contributed by atoms with Crippen molar-refractivity contribution >= 4 is 11.4 Å². The monoisotopic (exact) mass is 513 g/mol. The lowest BCUT2D eigenvalue weighted by atomic mass is 9.82. The van der Waals surface area contributed by atoms with Crippen LogP contribution in [0.15, 0.2) is 146 Å². The molecule has 0 aromatic heterocycles. The predicted octanol–water partition coefficient (Wildman–Crippen LogP) is 10.7. The second-order valence-electron chi connectivity index (χ2n) is 11.1. The van der Waals surface area contributed by atoms with Crippen molar-refractivity contribution in [3.8, 4) is 44.5 Å². The topological polar surface area (TPSA) is 12.0 Å². The van der Waals surface area contributed by atoms with Crippen molar-refractivity contribution < 1.29 is 0 Å².